The van der Waals surface area contributed by atoms with Crippen molar-refractivity contribution in [2.45, 2.75) is 0 Å². The number of rotatable bonds is 8. The SMILES string of the molecule is c1ccc(-c2cc(-c3ccccc3)cc(-c3ncc4c5ccccc5c5cnc(-n6c7ccccc7c7cc(-c8ccc9c(c8)c8ccccc8c8ccc(-c%10ncc%11c%12ccccc%12c%12cnc(-c%13cccc(-n%14c%15ccccc%15c%15ccccc%15%14)c%13)nc%12c%11n%10)cc89)ccc76)nc5c4n3)c2)cc1. The van der Waals surface area contributed by atoms with Crippen molar-refractivity contribution in [2.24, 2.45) is 0 Å². The van der Waals surface area contributed by atoms with Gasteiger partial charge >= 0.3 is 0 Å². The van der Waals surface area contributed by atoms with Crippen molar-refractivity contribution >= 4 is 141 Å². The zero-order valence-electron chi connectivity index (χ0n) is 55.6. The maximum Gasteiger partial charge on any atom is 0.235 e. The lowest BCUT2D eigenvalue weighted by atomic mass is 9.91. The molecule has 0 saturated carbocycles. The van der Waals surface area contributed by atoms with E-state index in [4.69, 9.17) is 39.9 Å². The van der Waals surface area contributed by atoms with Crippen LogP contribution in [0.1, 0.15) is 0 Å². The van der Waals surface area contributed by atoms with Gasteiger partial charge in [-0.25, -0.2) is 39.9 Å². The molecule has 0 fully saturated rings. The van der Waals surface area contributed by atoms with Crippen LogP contribution in [-0.4, -0.2) is 49.0 Å². The Morgan fingerprint density at radius 1 is 0.173 bits per heavy atom. The van der Waals surface area contributed by atoms with Crippen LogP contribution in [0.5, 0.6) is 0 Å². The second kappa shape index (κ2) is 22.7. The highest BCUT2D eigenvalue weighted by Gasteiger charge is 2.23. The Hall–Kier alpha value is -14.2. The normalized spacial score (nSPS) is 12.0. The summed E-state index contributed by atoms with van der Waals surface area (Å²) in [4.78, 5) is 42.6. The van der Waals surface area contributed by atoms with Crippen LogP contribution in [0.3, 0.4) is 0 Å². The Kier molecular flexibility index (Phi) is 12.6. The van der Waals surface area contributed by atoms with Gasteiger partial charge in [0.1, 0.15) is 22.1 Å². The predicted octanol–water partition coefficient (Wildman–Crippen LogP) is 23.4. The molecule has 0 saturated heterocycles. The topological polar surface area (TPSA) is 113 Å². The first-order valence-corrected chi connectivity index (χ1v) is 35.0. The quantitative estimate of drug-likeness (QED) is 0.138. The van der Waals surface area contributed by atoms with Crippen LogP contribution in [-0.2, 0) is 0 Å². The number of aromatic nitrogens is 10. The summed E-state index contributed by atoms with van der Waals surface area (Å²) in [5.41, 5.74) is 17.8. The fraction of sp³-hybridized carbons (Fsp3) is 0. The summed E-state index contributed by atoms with van der Waals surface area (Å²) < 4.78 is 4.53. The molecule has 0 radical (unpaired) electrons. The van der Waals surface area contributed by atoms with Crippen molar-refractivity contribution in [1.82, 2.24) is 49.0 Å². The molecule has 10 heteroatoms. The fourth-order valence-corrected chi connectivity index (χ4v) is 16.4. The monoisotopic (exact) mass is 1320 g/mol. The molecule has 0 aliphatic carbocycles. The average molecular weight is 1320 g/mol. The van der Waals surface area contributed by atoms with Gasteiger partial charge in [0.25, 0.3) is 0 Å². The van der Waals surface area contributed by atoms with Crippen LogP contribution in [0.2, 0.25) is 0 Å². The van der Waals surface area contributed by atoms with Crippen molar-refractivity contribution < 1.29 is 0 Å². The van der Waals surface area contributed by atoms with Gasteiger partial charge < -0.3 is 4.57 Å². The molecule has 480 valence electrons. The molecule has 0 aliphatic heterocycles. The Morgan fingerprint density at radius 3 is 1.04 bits per heavy atom. The summed E-state index contributed by atoms with van der Waals surface area (Å²) in [7, 11) is 0. The van der Waals surface area contributed by atoms with Gasteiger partial charge in [0.2, 0.25) is 5.95 Å². The number of fused-ring (bicyclic) bond motifs is 24. The summed E-state index contributed by atoms with van der Waals surface area (Å²) in [6.07, 6.45) is 7.89. The Labute approximate surface area is 593 Å². The molecular weight excluding hydrogens is 1270 g/mol. The van der Waals surface area contributed by atoms with Gasteiger partial charge in [0, 0.05) is 90.3 Å². The lowest BCUT2D eigenvalue weighted by molar-refractivity contribution is 1.01. The van der Waals surface area contributed by atoms with E-state index in [1.807, 2.05) is 24.8 Å². The number of benzene rings is 16. The van der Waals surface area contributed by atoms with Gasteiger partial charge in [-0.05, 0) is 160 Å². The second-order valence-corrected chi connectivity index (χ2v) is 27.0. The van der Waals surface area contributed by atoms with E-state index in [-0.39, 0.29) is 0 Å². The molecule has 10 nitrogen and oxygen atoms in total. The summed E-state index contributed by atoms with van der Waals surface area (Å²) in [6, 6.07) is 108. The molecule has 22 rings (SSSR count). The van der Waals surface area contributed by atoms with E-state index in [2.05, 4.69) is 312 Å². The van der Waals surface area contributed by atoms with Crippen LogP contribution in [0, 0.1) is 0 Å². The minimum Gasteiger partial charge on any atom is -0.309 e. The van der Waals surface area contributed by atoms with Crippen molar-refractivity contribution in [3.05, 3.63) is 328 Å². The molecule has 0 N–H and O–H groups in total. The third-order valence-electron chi connectivity index (χ3n) is 21.3. The minimum atomic E-state index is 0.557. The summed E-state index contributed by atoms with van der Waals surface area (Å²) in [5, 5.41) is 19.5. The number of hydrogen-bond donors (Lipinski definition) is 0. The molecule has 0 aliphatic rings. The van der Waals surface area contributed by atoms with Gasteiger partial charge in [-0.1, -0.05) is 231 Å². The lowest BCUT2D eigenvalue weighted by Gasteiger charge is -2.14. The van der Waals surface area contributed by atoms with Gasteiger partial charge in [0.15, 0.2) is 17.5 Å². The molecule has 22 aromatic rings. The first-order valence-electron chi connectivity index (χ1n) is 35.0. The predicted molar refractivity (Wildman–Crippen MR) is 428 cm³/mol. The Bertz CT molecular complexity index is 7320. The minimum absolute atomic E-state index is 0.557. The third kappa shape index (κ3) is 8.88. The van der Waals surface area contributed by atoms with Gasteiger partial charge in [0.05, 0.1) is 22.1 Å². The maximum absolute atomic E-state index is 5.58. The maximum atomic E-state index is 5.58. The van der Waals surface area contributed by atoms with Crippen molar-refractivity contribution in [3.63, 3.8) is 0 Å². The van der Waals surface area contributed by atoms with Crippen molar-refractivity contribution in [3.8, 4) is 79.2 Å². The molecule has 6 heterocycles. The van der Waals surface area contributed by atoms with Gasteiger partial charge in [-0.15, -0.1) is 0 Å². The Balaban J connectivity index is 0.657. The lowest BCUT2D eigenvalue weighted by Crippen LogP contribution is -2.02. The summed E-state index contributed by atoms with van der Waals surface area (Å²) >= 11 is 0. The van der Waals surface area contributed by atoms with E-state index in [0.29, 0.717) is 23.4 Å². The van der Waals surface area contributed by atoms with Crippen LogP contribution < -0.4 is 0 Å². The number of nitrogens with zero attached hydrogens (tertiary/aromatic N) is 10. The molecule has 104 heavy (non-hydrogen) atoms. The highest BCUT2D eigenvalue weighted by atomic mass is 15.2. The van der Waals surface area contributed by atoms with Gasteiger partial charge in [-0.2, -0.15) is 0 Å². The van der Waals surface area contributed by atoms with Crippen LogP contribution in [0.15, 0.2) is 328 Å². The van der Waals surface area contributed by atoms with Gasteiger partial charge in [-0.3, -0.25) is 4.57 Å². The summed E-state index contributed by atoms with van der Waals surface area (Å²) in [6.45, 7) is 0. The number of hydrogen-bond acceptors (Lipinski definition) is 8. The summed E-state index contributed by atoms with van der Waals surface area (Å²) in [5.74, 6) is 2.42. The standard InChI is InChI=1S/C94H54N10/c1-3-20-55(21-4-1)61-44-62(56-22-5-2-6-23-56)46-63(45-61)93-97-53-81-69-30-11-12-31-70(69)82-54-98-94(102-90(82)89(81)101-93)104-85-37-18-15-34-75(85)78-49-58(40-43-86(78)104)57-38-41-72-76(48-57)66-27-8-7-26-65(66)71-42-39-60(50-77(71)72)92-96-52-80-68-29-10-9-28-67(68)79-51-95-91(99-87(79)88(80)100-92)59-24-19-25-64(47-59)103-83-35-16-13-32-73(83)74-33-14-17-36-84(74)103/h1-54H. The second-order valence-electron chi connectivity index (χ2n) is 27.0. The van der Waals surface area contributed by atoms with Crippen LogP contribution >= 0.6 is 0 Å². The molecule has 6 aromatic heterocycles. The van der Waals surface area contributed by atoms with E-state index in [1.165, 1.54) is 21.5 Å². The molecular formula is C94H54N10. The van der Waals surface area contributed by atoms with E-state index in [1.54, 1.807) is 0 Å². The molecule has 16 aromatic carbocycles. The first kappa shape index (κ1) is 57.7. The fourth-order valence-electron chi connectivity index (χ4n) is 16.4. The highest BCUT2D eigenvalue weighted by Crippen LogP contribution is 2.44. The largest absolute Gasteiger partial charge is 0.309 e. The molecule has 0 bridgehead atoms. The highest BCUT2D eigenvalue weighted by molar-refractivity contribution is 6.28. The van der Waals surface area contributed by atoms with E-state index in [9.17, 15) is 0 Å². The third-order valence-corrected chi connectivity index (χ3v) is 21.3. The number of para-hydroxylation sites is 3. The van der Waals surface area contributed by atoms with Crippen LogP contribution in [0.4, 0.5) is 0 Å². The van der Waals surface area contributed by atoms with E-state index in [0.717, 1.165) is 175 Å². The smallest absolute Gasteiger partial charge is 0.235 e. The molecule has 0 amide bonds. The average Bonchev–Trinajstić information content (AvgIpc) is 1.32. The first-order chi connectivity index (χ1) is 51.5. The van der Waals surface area contributed by atoms with Crippen molar-refractivity contribution in [1.29, 1.82) is 0 Å². The zero-order valence-corrected chi connectivity index (χ0v) is 55.6. The molecule has 0 atom stereocenters. The molecule has 0 spiro atoms. The van der Waals surface area contributed by atoms with E-state index >= 15 is 0 Å². The van der Waals surface area contributed by atoms with Crippen LogP contribution in [0.25, 0.3) is 220 Å². The van der Waals surface area contributed by atoms with Crippen molar-refractivity contribution in [2.75, 3.05) is 0 Å². The Morgan fingerprint density at radius 2 is 0.510 bits per heavy atom. The zero-order chi connectivity index (χ0) is 68.1. The van der Waals surface area contributed by atoms with E-state index < -0.39 is 0 Å². The molecule has 0 unspecified atom stereocenters.